The molecule has 23 heavy (non-hydrogen) atoms. The molecule has 0 bridgehead atoms. The standard InChI is InChI=1S/C15H27NO6Si/c1-14(2,3)23(6,7)22-11-10(8-9-16(17)18)19-13-12(11)20-15(4,5)21-13/h8-13H,1-7H3/b9-8+/t10-,11+,12-,13-/m1/s1. The molecule has 0 aromatic rings. The summed E-state index contributed by atoms with van der Waals surface area (Å²) < 4.78 is 23.9. The second-order valence-electron chi connectivity index (χ2n) is 8.04. The molecule has 0 radical (unpaired) electrons. The van der Waals surface area contributed by atoms with E-state index >= 15 is 0 Å². The zero-order valence-electron chi connectivity index (χ0n) is 14.9. The first-order chi connectivity index (χ1) is 10.3. The SMILES string of the molecule is CC1(C)O[C@H]2O[C@H](/C=C/[N+](=O)[O-])[C@H](O[Si](C)(C)C(C)(C)C)[C@H]2O1. The van der Waals surface area contributed by atoms with Gasteiger partial charge in [-0.2, -0.15) is 0 Å². The van der Waals surface area contributed by atoms with E-state index in [4.69, 9.17) is 18.6 Å². The van der Waals surface area contributed by atoms with E-state index in [9.17, 15) is 10.1 Å². The summed E-state index contributed by atoms with van der Waals surface area (Å²) in [4.78, 5) is 10.1. The maximum atomic E-state index is 10.6. The quantitative estimate of drug-likeness (QED) is 0.442. The molecule has 132 valence electrons. The summed E-state index contributed by atoms with van der Waals surface area (Å²) in [6, 6.07) is 0. The summed E-state index contributed by atoms with van der Waals surface area (Å²) in [7, 11) is -2.09. The minimum absolute atomic E-state index is 0.0113. The van der Waals surface area contributed by atoms with E-state index < -0.39 is 37.5 Å². The molecule has 4 atom stereocenters. The minimum Gasteiger partial charge on any atom is -0.408 e. The molecule has 7 nitrogen and oxygen atoms in total. The van der Waals surface area contributed by atoms with E-state index in [2.05, 4.69) is 33.9 Å². The van der Waals surface area contributed by atoms with Crippen LogP contribution < -0.4 is 0 Å². The van der Waals surface area contributed by atoms with E-state index in [0.717, 1.165) is 6.20 Å². The monoisotopic (exact) mass is 345 g/mol. The largest absolute Gasteiger partial charge is 0.408 e. The van der Waals surface area contributed by atoms with Crippen LogP contribution in [0.2, 0.25) is 18.1 Å². The number of hydrogen-bond acceptors (Lipinski definition) is 6. The molecule has 2 saturated heterocycles. The van der Waals surface area contributed by atoms with Gasteiger partial charge < -0.3 is 18.6 Å². The van der Waals surface area contributed by atoms with Gasteiger partial charge in [-0.15, -0.1) is 0 Å². The zero-order valence-corrected chi connectivity index (χ0v) is 15.9. The summed E-state index contributed by atoms with van der Waals surface area (Å²) in [6.07, 6.45) is 0.371. The summed E-state index contributed by atoms with van der Waals surface area (Å²) in [5.41, 5.74) is 0. The second kappa shape index (κ2) is 5.93. The van der Waals surface area contributed by atoms with Crippen LogP contribution in [0.25, 0.3) is 0 Å². The Morgan fingerprint density at radius 1 is 1.26 bits per heavy atom. The fourth-order valence-electron chi connectivity index (χ4n) is 2.47. The molecule has 2 aliphatic heterocycles. The van der Waals surface area contributed by atoms with Crippen molar-refractivity contribution in [1.29, 1.82) is 0 Å². The Kier molecular flexibility index (Phi) is 4.78. The zero-order chi connectivity index (χ0) is 17.6. The minimum atomic E-state index is -2.09. The van der Waals surface area contributed by atoms with Gasteiger partial charge in [0.2, 0.25) is 6.20 Å². The lowest BCUT2D eigenvalue weighted by Gasteiger charge is -2.40. The molecular weight excluding hydrogens is 318 g/mol. The van der Waals surface area contributed by atoms with Crippen LogP contribution in [-0.2, 0) is 18.6 Å². The van der Waals surface area contributed by atoms with Crippen molar-refractivity contribution in [2.45, 2.75) is 83.1 Å². The predicted octanol–water partition coefficient (Wildman–Crippen LogP) is 3.04. The van der Waals surface area contributed by atoms with Crippen LogP contribution in [0.4, 0.5) is 0 Å². The van der Waals surface area contributed by atoms with Crippen LogP contribution in [0, 0.1) is 10.1 Å². The first-order valence-corrected chi connectivity index (χ1v) is 10.7. The molecule has 0 aromatic heterocycles. The van der Waals surface area contributed by atoms with Gasteiger partial charge in [0.25, 0.3) is 0 Å². The molecule has 0 amide bonds. The molecule has 2 heterocycles. The van der Waals surface area contributed by atoms with E-state index in [1.54, 1.807) is 0 Å². The van der Waals surface area contributed by atoms with E-state index in [1.807, 2.05) is 13.8 Å². The molecule has 2 rings (SSSR count). The van der Waals surface area contributed by atoms with Crippen LogP contribution in [0.1, 0.15) is 34.6 Å². The summed E-state index contributed by atoms with van der Waals surface area (Å²) in [5.74, 6) is -0.748. The van der Waals surface area contributed by atoms with Crippen LogP contribution in [0.5, 0.6) is 0 Å². The molecule has 0 aliphatic carbocycles. The number of rotatable bonds is 4. The molecule has 0 spiro atoms. The van der Waals surface area contributed by atoms with Crippen LogP contribution in [0.3, 0.4) is 0 Å². The second-order valence-corrected chi connectivity index (χ2v) is 12.8. The summed E-state index contributed by atoms with van der Waals surface area (Å²) >= 11 is 0. The van der Waals surface area contributed by atoms with Crippen molar-refractivity contribution in [3.8, 4) is 0 Å². The van der Waals surface area contributed by atoms with Crippen molar-refractivity contribution in [1.82, 2.24) is 0 Å². The summed E-state index contributed by atoms with van der Waals surface area (Å²) in [5, 5.41) is 10.6. The van der Waals surface area contributed by atoms with Gasteiger partial charge in [0.15, 0.2) is 20.4 Å². The third-order valence-electron chi connectivity index (χ3n) is 4.66. The highest BCUT2D eigenvalue weighted by atomic mass is 28.4. The number of hydrogen-bond donors (Lipinski definition) is 0. The van der Waals surface area contributed by atoms with Crippen LogP contribution in [0.15, 0.2) is 12.3 Å². The fourth-order valence-corrected chi connectivity index (χ4v) is 3.77. The summed E-state index contributed by atoms with van der Waals surface area (Å²) in [6.45, 7) is 14.3. The molecule has 0 unspecified atom stereocenters. The number of ether oxygens (including phenoxy) is 3. The van der Waals surface area contributed by atoms with Gasteiger partial charge in [0, 0.05) is 6.08 Å². The number of fused-ring (bicyclic) bond motifs is 1. The third kappa shape index (κ3) is 4.00. The van der Waals surface area contributed by atoms with E-state index in [1.165, 1.54) is 6.08 Å². The molecule has 2 fully saturated rings. The van der Waals surface area contributed by atoms with Gasteiger partial charge in [0.1, 0.15) is 18.3 Å². The highest BCUT2D eigenvalue weighted by molar-refractivity contribution is 6.74. The highest BCUT2D eigenvalue weighted by Gasteiger charge is 2.57. The Balaban J connectivity index is 2.23. The molecule has 0 N–H and O–H groups in total. The molecule has 2 aliphatic rings. The average molecular weight is 345 g/mol. The average Bonchev–Trinajstić information content (AvgIpc) is 2.79. The Hall–Kier alpha value is -0.803. The predicted molar refractivity (Wildman–Crippen MR) is 86.9 cm³/mol. The number of nitro groups is 1. The molecule has 0 saturated carbocycles. The normalized spacial score (nSPS) is 34.0. The molecular formula is C15H27NO6Si. The lowest BCUT2D eigenvalue weighted by molar-refractivity contribution is -0.403. The smallest absolute Gasteiger partial charge is 0.233 e. The highest BCUT2D eigenvalue weighted by Crippen LogP contribution is 2.44. The van der Waals surface area contributed by atoms with Crippen LogP contribution >= 0.6 is 0 Å². The van der Waals surface area contributed by atoms with E-state index in [0.29, 0.717) is 0 Å². The first kappa shape index (κ1) is 18.5. The third-order valence-corrected chi connectivity index (χ3v) is 9.14. The van der Waals surface area contributed by atoms with Gasteiger partial charge in [-0.25, -0.2) is 0 Å². The topological polar surface area (TPSA) is 80.1 Å². The maximum absolute atomic E-state index is 10.6. The Morgan fingerprint density at radius 2 is 1.87 bits per heavy atom. The Bertz CT molecular complexity index is 499. The molecule has 0 aromatic carbocycles. The first-order valence-electron chi connectivity index (χ1n) is 7.83. The Labute approximate surface area is 138 Å². The van der Waals surface area contributed by atoms with Crippen molar-refractivity contribution in [3.63, 3.8) is 0 Å². The van der Waals surface area contributed by atoms with Crippen LogP contribution in [-0.4, -0.2) is 43.6 Å². The fraction of sp³-hybridized carbons (Fsp3) is 0.867. The van der Waals surface area contributed by atoms with Crippen molar-refractivity contribution in [2.75, 3.05) is 0 Å². The maximum Gasteiger partial charge on any atom is 0.233 e. The Morgan fingerprint density at radius 3 is 2.39 bits per heavy atom. The van der Waals surface area contributed by atoms with Gasteiger partial charge in [-0.1, -0.05) is 20.8 Å². The number of nitrogens with zero attached hydrogens (tertiary/aromatic N) is 1. The molecule has 8 heteroatoms. The van der Waals surface area contributed by atoms with Crippen molar-refractivity contribution >= 4 is 8.32 Å². The lowest BCUT2D eigenvalue weighted by atomic mass is 10.1. The van der Waals surface area contributed by atoms with Crippen molar-refractivity contribution in [2.24, 2.45) is 0 Å². The van der Waals surface area contributed by atoms with Gasteiger partial charge in [-0.3, -0.25) is 10.1 Å². The van der Waals surface area contributed by atoms with Crippen molar-refractivity contribution in [3.05, 3.63) is 22.4 Å². The van der Waals surface area contributed by atoms with Gasteiger partial charge in [-0.05, 0) is 32.0 Å². The van der Waals surface area contributed by atoms with Crippen molar-refractivity contribution < 1.29 is 23.6 Å². The van der Waals surface area contributed by atoms with Gasteiger partial charge in [0.05, 0.1) is 4.92 Å². The lowest BCUT2D eigenvalue weighted by Crippen LogP contribution is -2.49. The van der Waals surface area contributed by atoms with E-state index in [-0.39, 0.29) is 11.1 Å². The van der Waals surface area contributed by atoms with Gasteiger partial charge >= 0.3 is 0 Å².